The lowest BCUT2D eigenvalue weighted by Gasteiger charge is -2.06. The first kappa shape index (κ1) is 9.29. The molecule has 0 aliphatic heterocycles. The predicted molar refractivity (Wildman–Crippen MR) is 42.8 cm³/mol. The maximum absolute atomic E-state index is 10.5. The summed E-state index contributed by atoms with van der Waals surface area (Å²) in [6.45, 7) is 1.82. The van der Waals surface area contributed by atoms with Gasteiger partial charge in [-0.05, 0) is 6.42 Å². The Bertz CT molecular complexity index is 148. The van der Waals surface area contributed by atoms with E-state index in [2.05, 4.69) is 0 Å². The van der Waals surface area contributed by atoms with Crippen molar-refractivity contribution in [2.24, 2.45) is 11.5 Å². The highest BCUT2D eigenvalue weighted by Crippen LogP contribution is 2.12. The van der Waals surface area contributed by atoms with Crippen LogP contribution in [0.2, 0.25) is 0 Å². The van der Waals surface area contributed by atoms with Gasteiger partial charge in [0, 0.05) is 0 Å². The van der Waals surface area contributed by atoms with Crippen LogP contribution in [0.15, 0.2) is 0 Å². The van der Waals surface area contributed by atoms with Crippen LogP contribution in [-0.4, -0.2) is 16.3 Å². The Morgan fingerprint density at radius 3 is 2.30 bits per heavy atom. The van der Waals surface area contributed by atoms with Crippen molar-refractivity contribution in [3.63, 3.8) is 0 Å². The molecule has 0 spiro atoms. The monoisotopic (exact) mass is 161 g/mol. The van der Waals surface area contributed by atoms with Crippen LogP contribution >= 0.6 is 11.8 Å². The zero-order valence-corrected chi connectivity index (χ0v) is 6.57. The van der Waals surface area contributed by atoms with Crippen molar-refractivity contribution in [1.82, 2.24) is 0 Å². The Morgan fingerprint density at radius 2 is 2.20 bits per heavy atom. The normalized spacial score (nSPS) is 12.5. The molecular weight excluding hydrogens is 150 g/mol. The zero-order valence-electron chi connectivity index (χ0n) is 5.76. The van der Waals surface area contributed by atoms with E-state index in [9.17, 15) is 4.79 Å². The highest BCUT2D eigenvalue weighted by molar-refractivity contribution is 8.14. The van der Waals surface area contributed by atoms with E-state index in [4.69, 9.17) is 16.9 Å². The fourth-order valence-electron chi connectivity index (χ4n) is 0.496. The minimum atomic E-state index is -0.414. The molecule has 0 saturated carbocycles. The molecule has 4 nitrogen and oxygen atoms in total. The molecule has 1 atom stereocenters. The number of primary amides is 1. The lowest BCUT2D eigenvalue weighted by atomic mass is 10.3. The smallest absolute Gasteiger partial charge is 0.231 e. The quantitative estimate of drug-likeness (QED) is 0.398. The molecule has 5 heteroatoms. The minimum absolute atomic E-state index is 0.0642. The summed E-state index contributed by atoms with van der Waals surface area (Å²) >= 11 is 0.994. The SMILES string of the molecule is CCC(SC(=N)N)C(N)=O. The molecule has 0 aromatic rings. The van der Waals surface area contributed by atoms with Gasteiger partial charge in [0.1, 0.15) is 0 Å². The van der Waals surface area contributed by atoms with Crippen LogP contribution in [0.1, 0.15) is 13.3 Å². The number of thioether (sulfide) groups is 1. The largest absolute Gasteiger partial charge is 0.379 e. The number of amides is 1. The highest BCUT2D eigenvalue weighted by atomic mass is 32.2. The average molecular weight is 161 g/mol. The van der Waals surface area contributed by atoms with Crippen LogP contribution in [-0.2, 0) is 4.79 Å². The first-order chi connectivity index (χ1) is 4.57. The second kappa shape index (κ2) is 4.16. The van der Waals surface area contributed by atoms with Crippen LogP contribution in [0.5, 0.6) is 0 Å². The Hall–Kier alpha value is -0.710. The number of hydrogen-bond acceptors (Lipinski definition) is 3. The summed E-state index contributed by atoms with van der Waals surface area (Å²) in [5.74, 6) is -0.414. The lowest BCUT2D eigenvalue weighted by Crippen LogP contribution is -2.27. The summed E-state index contributed by atoms with van der Waals surface area (Å²) in [7, 11) is 0. The zero-order chi connectivity index (χ0) is 8.15. The molecule has 5 N–H and O–H groups in total. The molecular formula is C5H11N3OS. The number of amidine groups is 1. The molecule has 58 valence electrons. The van der Waals surface area contributed by atoms with Crippen LogP contribution in [0.3, 0.4) is 0 Å². The molecule has 1 unspecified atom stereocenters. The van der Waals surface area contributed by atoms with Gasteiger partial charge < -0.3 is 11.5 Å². The Kier molecular flexibility index (Phi) is 3.87. The lowest BCUT2D eigenvalue weighted by molar-refractivity contribution is -0.117. The number of rotatable bonds is 3. The van der Waals surface area contributed by atoms with Crippen LogP contribution in [0.4, 0.5) is 0 Å². The molecule has 0 radical (unpaired) electrons. The third kappa shape index (κ3) is 3.34. The topological polar surface area (TPSA) is 93.0 Å². The molecule has 0 aromatic carbocycles. The van der Waals surface area contributed by atoms with Gasteiger partial charge in [-0.15, -0.1) is 0 Å². The van der Waals surface area contributed by atoms with Crippen molar-refractivity contribution < 1.29 is 4.79 Å². The second-order valence-electron chi connectivity index (χ2n) is 1.78. The molecule has 0 rings (SSSR count). The standard InChI is InChI=1S/C5H11N3OS/c1-2-3(4(6)9)10-5(7)8/h3H,2H2,1H3,(H2,6,9)(H3,7,8). The number of nitrogens with two attached hydrogens (primary N) is 2. The fraction of sp³-hybridized carbons (Fsp3) is 0.600. The van der Waals surface area contributed by atoms with Crippen molar-refractivity contribution >= 4 is 22.8 Å². The van der Waals surface area contributed by atoms with Crippen molar-refractivity contribution in [2.45, 2.75) is 18.6 Å². The van der Waals surface area contributed by atoms with E-state index < -0.39 is 5.91 Å². The molecule has 0 bridgehead atoms. The maximum Gasteiger partial charge on any atom is 0.231 e. The molecule has 10 heavy (non-hydrogen) atoms. The first-order valence-electron chi connectivity index (χ1n) is 2.88. The highest BCUT2D eigenvalue weighted by Gasteiger charge is 2.13. The second-order valence-corrected chi connectivity index (χ2v) is 3.03. The van der Waals surface area contributed by atoms with E-state index in [1.165, 1.54) is 0 Å². The van der Waals surface area contributed by atoms with Gasteiger partial charge in [0.2, 0.25) is 5.91 Å². The average Bonchev–Trinajstić information content (AvgIpc) is 1.81. The Balaban J connectivity index is 3.83. The summed E-state index contributed by atoms with van der Waals surface area (Å²) in [5, 5.41) is 6.44. The van der Waals surface area contributed by atoms with Gasteiger partial charge in [0.15, 0.2) is 5.17 Å². The van der Waals surface area contributed by atoms with E-state index in [0.717, 1.165) is 11.8 Å². The Morgan fingerprint density at radius 1 is 1.70 bits per heavy atom. The number of carbonyl (C=O) groups excluding carboxylic acids is 1. The summed E-state index contributed by atoms with van der Waals surface area (Å²) in [5.41, 5.74) is 10.0. The van der Waals surface area contributed by atoms with Crippen molar-refractivity contribution in [2.75, 3.05) is 0 Å². The minimum Gasteiger partial charge on any atom is -0.379 e. The van der Waals surface area contributed by atoms with Crippen LogP contribution < -0.4 is 11.5 Å². The van der Waals surface area contributed by atoms with Gasteiger partial charge in [-0.1, -0.05) is 18.7 Å². The van der Waals surface area contributed by atoms with Gasteiger partial charge in [-0.2, -0.15) is 0 Å². The fourth-order valence-corrected chi connectivity index (χ4v) is 1.09. The van der Waals surface area contributed by atoms with E-state index in [1.807, 2.05) is 6.92 Å². The molecule has 1 amide bonds. The Labute approximate surface area is 63.8 Å². The van der Waals surface area contributed by atoms with E-state index in [1.54, 1.807) is 0 Å². The summed E-state index contributed by atoms with van der Waals surface area (Å²) in [6, 6.07) is 0. The van der Waals surface area contributed by atoms with E-state index in [0.29, 0.717) is 6.42 Å². The van der Waals surface area contributed by atoms with Crippen LogP contribution in [0.25, 0.3) is 0 Å². The molecule has 0 heterocycles. The van der Waals surface area contributed by atoms with E-state index in [-0.39, 0.29) is 10.4 Å². The number of carbonyl (C=O) groups is 1. The van der Waals surface area contributed by atoms with Gasteiger partial charge in [-0.3, -0.25) is 10.2 Å². The first-order valence-corrected chi connectivity index (χ1v) is 3.75. The van der Waals surface area contributed by atoms with Gasteiger partial charge in [0.05, 0.1) is 5.25 Å². The summed E-state index contributed by atoms with van der Waals surface area (Å²) < 4.78 is 0. The van der Waals surface area contributed by atoms with Crippen molar-refractivity contribution in [3.05, 3.63) is 0 Å². The third-order valence-corrected chi connectivity index (χ3v) is 2.06. The molecule has 0 fully saturated rings. The van der Waals surface area contributed by atoms with Gasteiger partial charge in [-0.25, -0.2) is 0 Å². The molecule has 0 saturated heterocycles. The maximum atomic E-state index is 10.5. The van der Waals surface area contributed by atoms with Gasteiger partial charge in [0.25, 0.3) is 0 Å². The van der Waals surface area contributed by atoms with E-state index >= 15 is 0 Å². The third-order valence-electron chi connectivity index (χ3n) is 0.957. The number of hydrogen-bond donors (Lipinski definition) is 3. The molecule has 0 aromatic heterocycles. The summed E-state index contributed by atoms with van der Waals surface area (Å²) in [4.78, 5) is 10.5. The predicted octanol–water partition coefficient (Wildman–Crippen LogP) is -0.123. The molecule has 0 aliphatic carbocycles. The van der Waals surface area contributed by atoms with Crippen molar-refractivity contribution in [1.29, 1.82) is 5.41 Å². The number of nitrogens with one attached hydrogen (secondary N) is 1. The van der Waals surface area contributed by atoms with Crippen molar-refractivity contribution in [3.8, 4) is 0 Å². The van der Waals surface area contributed by atoms with Gasteiger partial charge >= 0.3 is 0 Å². The molecule has 0 aliphatic rings. The van der Waals surface area contributed by atoms with Crippen LogP contribution in [0, 0.1) is 5.41 Å². The summed E-state index contributed by atoms with van der Waals surface area (Å²) in [6.07, 6.45) is 0.611.